The van der Waals surface area contributed by atoms with Crippen LogP contribution in [0.3, 0.4) is 0 Å². The number of hydrogen-bond acceptors (Lipinski definition) is 4. The van der Waals surface area contributed by atoms with Crippen LogP contribution in [0.15, 0.2) is 42.5 Å². The van der Waals surface area contributed by atoms with Gasteiger partial charge in [-0.3, -0.25) is 13.9 Å². The fraction of sp³-hybridized carbons (Fsp3) is 0.440. The molecule has 192 valence electrons. The standard InChI is InChI=1S/C25H33Cl2N3O4S/c1-5-14-28-25(32)22(7-3)29(16-18-12-13-20(26)21(27)15-18)24(31)17-30(35(4,33)34)23-11-9-8-10-19(23)6-2/h8-13,15,22H,5-7,14,16-17H2,1-4H3,(H,28,32)/t22-/m0/s1. The van der Waals surface area contributed by atoms with Crippen molar-refractivity contribution >= 4 is 50.7 Å². The molecule has 2 aromatic rings. The summed E-state index contributed by atoms with van der Waals surface area (Å²) in [6, 6.07) is 11.3. The van der Waals surface area contributed by atoms with Gasteiger partial charge in [0.15, 0.2) is 0 Å². The maximum atomic E-state index is 13.7. The van der Waals surface area contributed by atoms with E-state index in [2.05, 4.69) is 5.32 Å². The van der Waals surface area contributed by atoms with Gasteiger partial charge in [0.25, 0.3) is 0 Å². The zero-order chi connectivity index (χ0) is 26.2. The molecule has 1 N–H and O–H groups in total. The molecule has 0 aliphatic carbocycles. The molecule has 0 radical (unpaired) electrons. The number of hydrogen-bond donors (Lipinski definition) is 1. The van der Waals surface area contributed by atoms with Crippen LogP contribution in [0.2, 0.25) is 10.0 Å². The number of nitrogens with zero attached hydrogens (tertiary/aromatic N) is 2. The van der Waals surface area contributed by atoms with Crippen LogP contribution in [-0.4, -0.2) is 50.5 Å². The van der Waals surface area contributed by atoms with Crippen molar-refractivity contribution < 1.29 is 18.0 Å². The van der Waals surface area contributed by atoms with Gasteiger partial charge in [-0.15, -0.1) is 0 Å². The lowest BCUT2D eigenvalue weighted by molar-refractivity contribution is -0.140. The Morgan fingerprint density at radius 2 is 1.71 bits per heavy atom. The summed E-state index contributed by atoms with van der Waals surface area (Å²) in [5.41, 5.74) is 1.92. The van der Waals surface area contributed by atoms with E-state index in [1.54, 1.807) is 30.3 Å². The molecule has 7 nitrogen and oxygen atoms in total. The molecule has 0 saturated carbocycles. The van der Waals surface area contributed by atoms with E-state index in [-0.39, 0.29) is 12.5 Å². The van der Waals surface area contributed by atoms with Gasteiger partial charge in [0, 0.05) is 13.1 Å². The van der Waals surface area contributed by atoms with Crippen LogP contribution >= 0.6 is 23.2 Å². The maximum Gasteiger partial charge on any atom is 0.244 e. The smallest absolute Gasteiger partial charge is 0.244 e. The molecule has 1 atom stereocenters. The number of para-hydroxylation sites is 1. The first-order chi connectivity index (χ1) is 16.5. The van der Waals surface area contributed by atoms with Crippen LogP contribution in [0.4, 0.5) is 5.69 Å². The van der Waals surface area contributed by atoms with E-state index >= 15 is 0 Å². The first kappa shape index (κ1) is 28.9. The Morgan fingerprint density at radius 3 is 2.29 bits per heavy atom. The number of carbonyl (C=O) groups excluding carboxylic acids is 2. The van der Waals surface area contributed by atoms with Crippen molar-refractivity contribution in [3.63, 3.8) is 0 Å². The lowest BCUT2D eigenvalue weighted by Crippen LogP contribution is -2.52. The summed E-state index contributed by atoms with van der Waals surface area (Å²) >= 11 is 12.2. The molecule has 35 heavy (non-hydrogen) atoms. The molecule has 0 aliphatic heterocycles. The quantitative estimate of drug-likeness (QED) is 0.423. The monoisotopic (exact) mass is 541 g/mol. The van der Waals surface area contributed by atoms with Gasteiger partial charge < -0.3 is 10.2 Å². The van der Waals surface area contributed by atoms with Crippen molar-refractivity contribution in [1.29, 1.82) is 0 Å². The third-order valence-corrected chi connectivity index (χ3v) is 7.46. The lowest BCUT2D eigenvalue weighted by atomic mass is 10.1. The highest BCUT2D eigenvalue weighted by molar-refractivity contribution is 7.92. The number of rotatable bonds is 12. The minimum Gasteiger partial charge on any atom is -0.354 e. The number of amides is 2. The molecule has 10 heteroatoms. The summed E-state index contributed by atoms with van der Waals surface area (Å²) in [7, 11) is -3.78. The molecule has 0 heterocycles. The summed E-state index contributed by atoms with van der Waals surface area (Å²) in [6.45, 7) is 5.78. The summed E-state index contributed by atoms with van der Waals surface area (Å²) in [5.74, 6) is -0.784. The van der Waals surface area contributed by atoms with Gasteiger partial charge in [0.1, 0.15) is 12.6 Å². The molecule has 0 fully saturated rings. The molecule has 0 aliphatic rings. The van der Waals surface area contributed by atoms with Crippen LogP contribution in [0.5, 0.6) is 0 Å². The summed E-state index contributed by atoms with van der Waals surface area (Å²) < 4.78 is 26.6. The van der Waals surface area contributed by atoms with Gasteiger partial charge in [-0.25, -0.2) is 8.42 Å². The minimum atomic E-state index is -3.78. The SMILES string of the molecule is CCCNC(=O)[C@H](CC)N(Cc1ccc(Cl)c(Cl)c1)C(=O)CN(c1ccccc1CC)S(C)(=O)=O. The van der Waals surface area contributed by atoms with E-state index in [0.29, 0.717) is 40.7 Å². The van der Waals surface area contributed by atoms with Crippen LogP contribution in [0.1, 0.15) is 44.7 Å². The van der Waals surface area contributed by atoms with Crippen molar-refractivity contribution in [2.24, 2.45) is 0 Å². The first-order valence-corrected chi connectivity index (χ1v) is 14.2. The molecule has 0 unspecified atom stereocenters. The second kappa shape index (κ2) is 13.1. The Kier molecular flexibility index (Phi) is 10.9. The first-order valence-electron chi connectivity index (χ1n) is 11.6. The van der Waals surface area contributed by atoms with E-state index in [1.165, 1.54) is 4.90 Å². The normalized spacial score (nSPS) is 12.2. The van der Waals surface area contributed by atoms with Crippen molar-refractivity contribution in [3.8, 4) is 0 Å². The maximum absolute atomic E-state index is 13.7. The highest BCUT2D eigenvalue weighted by atomic mass is 35.5. The van der Waals surface area contributed by atoms with E-state index in [1.807, 2.05) is 32.9 Å². The molecule has 2 amide bonds. The molecular formula is C25H33Cl2N3O4S. The van der Waals surface area contributed by atoms with Crippen LogP contribution in [0.25, 0.3) is 0 Å². The number of anilines is 1. The molecule has 2 rings (SSSR count). The van der Waals surface area contributed by atoms with Gasteiger partial charge in [0.2, 0.25) is 21.8 Å². The summed E-state index contributed by atoms with van der Waals surface area (Å²) in [4.78, 5) is 28.1. The Morgan fingerprint density at radius 1 is 1.03 bits per heavy atom. The fourth-order valence-corrected chi connectivity index (χ4v) is 4.97. The van der Waals surface area contributed by atoms with E-state index < -0.39 is 28.5 Å². The molecule has 0 bridgehead atoms. The number of sulfonamides is 1. The predicted molar refractivity (Wildman–Crippen MR) is 142 cm³/mol. The molecule has 0 saturated heterocycles. The van der Waals surface area contributed by atoms with Crippen molar-refractivity contribution in [2.75, 3.05) is 23.7 Å². The molecule has 0 aromatic heterocycles. The third kappa shape index (κ3) is 7.85. The predicted octanol–water partition coefficient (Wildman–Crippen LogP) is 4.66. The van der Waals surface area contributed by atoms with Crippen molar-refractivity contribution in [3.05, 3.63) is 63.6 Å². The van der Waals surface area contributed by atoms with Gasteiger partial charge in [0.05, 0.1) is 22.0 Å². The third-order valence-electron chi connectivity index (χ3n) is 5.59. The molecule has 2 aromatic carbocycles. The Balaban J connectivity index is 2.48. The Hall–Kier alpha value is -2.29. The number of nitrogens with one attached hydrogen (secondary N) is 1. The fourth-order valence-electron chi connectivity index (χ4n) is 3.77. The largest absolute Gasteiger partial charge is 0.354 e. The zero-order valence-corrected chi connectivity index (χ0v) is 22.9. The second-order valence-electron chi connectivity index (χ2n) is 8.24. The van der Waals surface area contributed by atoms with Gasteiger partial charge in [-0.1, -0.05) is 68.2 Å². The zero-order valence-electron chi connectivity index (χ0n) is 20.6. The van der Waals surface area contributed by atoms with Gasteiger partial charge in [-0.2, -0.15) is 0 Å². The van der Waals surface area contributed by atoms with E-state index in [4.69, 9.17) is 23.2 Å². The average Bonchev–Trinajstić information content (AvgIpc) is 2.82. The topological polar surface area (TPSA) is 86.8 Å². The second-order valence-corrected chi connectivity index (χ2v) is 11.0. The Labute approximate surface area is 218 Å². The van der Waals surface area contributed by atoms with Gasteiger partial charge >= 0.3 is 0 Å². The van der Waals surface area contributed by atoms with Crippen LogP contribution in [0, 0.1) is 0 Å². The van der Waals surface area contributed by atoms with E-state index in [0.717, 1.165) is 22.5 Å². The number of halogens is 2. The van der Waals surface area contributed by atoms with Crippen LogP contribution in [-0.2, 0) is 32.6 Å². The Bertz CT molecular complexity index is 1140. The van der Waals surface area contributed by atoms with E-state index in [9.17, 15) is 18.0 Å². The van der Waals surface area contributed by atoms with Gasteiger partial charge in [-0.05, 0) is 48.6 Å². The highest BCUT2D eigenvalue weighted by Gasteiger charge is 2.32. The molecular weight excluding hydrogens is 509 g/mol. The van der Waals surface area contributed by atoms with Crippen molar-refractivity contribution in [2.45, 2.75) is 52.6 Å². The number of benzene rings is 2. The minimum absolute atomic E-state index is 0.0702. The summed E-state index contributed by atoms with van der Waals surface area (Å²) in [5, 5.41) is 3.55. The van der Waals surface area contributed by atoms with Crippen molar-refractivity contribution in [1.82, 2.24) is 10.2 Å². The number of carbonyl (C=O) groups is 2. The number of aryl methyl sites for hydroxylation is 1. The highest BCUT2D eigenvalue weighted by Crippen LogP contribution is 2.26. The molecule has 0 spiro atoms. The summed E-state index contributed by atoms with van der Waals surface area (Å²) in [6.07, 6.45) is 2.77. The van der Waals surface area contributed by atoms with Crippen LogP contribution < -0.4 is 9.62 Å². The lowest BCUT2D eigenvalue weighted by Gasteiger charge is -2.33. The average molecular weight is 543 g/mol.